The predicted octanol–water partition coefficient (Wildman–Crippen LogP) is 3.56. The summed E-state index contributed by atoms with van der Waals surface area (Å²) in [5, 5.41) is 22.0. The smallest absolute Gasteiger partial charge is 0.257 e. The van der Waals surface area contributed by atoms with Crippen LogP contribution in [0, 0.1) is 3.57 Å². The quantitative estimate of drug-likeness (QED) is 0.444. The average molecular weight is 412 g/mol. The van der Waals surface area contributed by atoms with Gasteiger partial charge in [0.25, 0.3) is 5.91 Å². The van der Waals surface area contributed by atoms with E-state index in [1.165, 1.54) is 23.5 Å². The topological polar surface area (TPSA) is 82.5 Å². The van der Waals surface area contributed by atoms with Gasteiger partial charge in [-0.05, 0) is 46.9 Å². The van der Waals surface area contributed by atoms with Crippen molar-refractivity contribution in [3.63, 3.8) is 0 Å². The summed E-state index contributed by atoms with van der Waals surface area (Å²) in [5.41, 5.74) is 1.06. The lowest BCUT2D eigenvalue weighted by atomic mass is 10.2. The fourth-order valence-electron chi connectivity index (χ4n) is 1.78. The van der Waals surface area contributed by atoms with Gasteiger partial charge in [-0.3, -0.25) is 10.1 Å². The molecule has 7 heteroatoms. The molecule has 3 N–H and O–H groups in total. The molecule has 106 valence electrons. The van der Waals surface area contributed by atoms with Crippen molar-refractivity contribution in [2.24, 2.45) is 0 Å². The molecule has 1 heterocycles. The Morgan fingerprint density at radius 2 is 1.81 bits per heavy atom. The Hall–Kier alpha value is -1.87. The highest BCUT2D eigenvalue weighted by molar-refractivity contribution is 14.1. The number of phenolic OH excluding ortho intramolecular Hbond substituents is 2. The fraction of sp³-hybridized carbons (Fsp3) is 0. The lowest BCUT2D eigenvalue weighted by molar-refractivity contribution is 0.102. The van der Waals surface area contributed by atoms with Crippen molar-refractivity contribution in [3.05, 3.63) is 45.5 Å². The maximum atomic E-state index is 12.1. The highest BCUT2D eigenvalue weighted by Crippen LogP contribution is 2.34. The van der Waals surface area contributed by atoms with E-state index in [9.17, 15) is 15.0 Å². The monoisotopic (exact) mass is 412 g/mol. The van der Waals surface area contributed by atoms with E-state index in [1.807, 2.05) is 12.1 Å². The van der Waals surface area contributed by atoms with Gasteiger partial charge in [0.2, 0.25) is 0 Å². The highest BCUT2D eigenvalue weighted by Gasteiger charge is 2.11. The van der Waals surface area contributed by atoms with Crippen molar-refractivity contribution in [2.75, 3.05) is 5.32 Å². The number of rotatable bonds is 2. The molecule has 0 aliphatic heterocycles. The number of aromatic nitrogens is 1. The molecule has 21 heavy (non-hydrogen) atoms. The van der Waals surface area contributed by atoms with Gasteiger partial charge in [0.15, 0.2) is 16.6 Å². The van der Waals surface area contributed by atoms with E-state index < -0.39 is 0 Å². The average Bonchev–Trinajstić information content (AvgIpc) is 2.81. The lowest BCUT2D eigenvalue weighted by Crippen LogP contribution is -2.11. The molecule has 0 radical (unpaired) electrons. The molecule has 5 nitrogen and oxygen atoms in total. The number of anilines is 1. The molecular weight excluding hydrogens is 403 g/mol. The van der Waals surface area contributed by atoms with E-state index in [-0.39, 0.29) is 17.4 Å². The maximum absolute atomic E-state index is 12.1. The first-order valence-corrected chi connectivity index (χ1v) is 7.82. The molecule has 0 atom stereocenters. The van der Waals surface area contributed by atoms with Crippen LogP contribution in [0.5, 0.6) is 11.5 Å². The summed E-state index contributed by atoms with van der Waals surface area (Å²) in [5.74, 6) is -0.691. The minimum Gasteiger partial charge on any atom is -0.504 e. The van der Waals surface area contributed by atoms with Crippen molar-refractivity contribution in [3.8, 4) is 11.5 Å². The van der Waals surface area contributed by atoms with Crippen molar-refractivity contribution in [1.82, 2.24) is 4.98 Å². The summed E-state index contributed by atoms with van der Waals surface area (Å²) in [7, 11) is 0. The van der Waals surface area contributed by atoms with Crippen LogP contribution < -0.4 is 5.32 Å². The number of carbonyl (C=O) groups excluding carboxylic acids is 1. The zero-order chi connectivity index (χ0) is 15.0. The molecule has 0 saturated heterocycles. The number of halogens is 1. The summed E-state index contributed by atoms with van der Waals surface area (Å²) in [6.45, 7) is 0. The van der Waals surface area contributed by atoms with Gasteiger partial charge in [-0.15, -0.1) is 0 Å². The third kappa shape index (κ3) is 2.93. The standard InChI is InChI=1S/C14H9IN2O3S/c15-8-3-1-7(2-4-8)13(20)17-14-16-9-5-10(18)11(19)6-12(9)21-14/h1-6,18-19H,(H,16,17,20). The molecule has 0 saturated carbocycles. The summed E-state index contributed by atoms with van der Waals surface area (Å²) in [6, 6.07) is 9.96. The van der Waals surface area contributed by atoms with Crippen LogP contribution in [0.3, 0.4) is 0 Å². The van der Waals surface area contributed by atoms with Gasteiger partial charge >= 0.3 is 0 Å². The van der Waals surface area contributed by atoms with Crippen LogP contribution in [0.25, 0.3) is 10.2 Å². The van der Waals surface area contributed by atoms with Gasteiger partial charge in [-0.25, -0.2) is 4.98 Å². The third-order valence-corrected chi connectivity index (χ3v) is 4.46. The molecular formula is C14H9IN2O3S. The van der Waals surface area contributed by atoms with Crippen molar-refractivity contribution in [2.45, 2.75) is 0 Å². The number of hydrogen-bond acceptors (Lipinski definition) is 5. The number of phenols is 2. The minimum absolute atomic E-state index is 0.207. The normalized spacial score (nSPS) is 10.7. The van der Waals surface area contributed by atoms with E-state index >= 15 is 0 Å². The largest absolute Gasteiger partial charge is 0.504 e. The Morgan fingerprint density at radius 1 is 1.14 bits per heavy atom. The van der Waals surface area contributed by atoms with Crippen LogP contribution in [-0.4, -0.2) is 21.1 Å². The van der Waals surface area contributed by atoms with E-state index in [0.717, 1.165) is 3.57 Å². The van der Waals surface area contributed by atoms with Gasteiger partial charge in [-0.2, -0.15) is 0 Å². The second-order valence-electron chi connectivity index (χ2n) is 4.29. The van der Waals surface area contributed by atoms with Gasteiger partial charge in [-0.1, -0.05) is 11.3 Å². The first kappa shape index (κ1) is 14.1. The van der Waals surface area contributed by atoms with Crippen molar-refractivity contribution in [1.29, 1.82) is 0 Å². The van der Waals surface area contributed by atoms with Crippen LogP contribution in [0.2, 0.25) is 0 Å². The Bertz CT molecular complexity index is 791. The predicted molar refractivity (Wildman–Crippen MR) is 90.1 cm³/mol. The zero-order valence-electron chi connectivity index (χ0n) is 10.5. The number of carbonyl (C=O) groups is 1. The fourth-order valence-corrected chi connectivity index (χ4v) is 3.01. The number of nitrogens with one attached hydrogen (secondary N) is 1. The molecule has 0 aliphatic rings. The molecule has 0 bridgehead atoms. The Kier molecular flexibility index (Phi) is 3.68. The van der Waals surface area contributed by atoms with E-state index in [1.54, 1.807) is 12.1 Å². The Labute approximate surface area is 137 Å². The summed E-state index contributed by atoms with van der Waals surface area (Å²) >= 11 is 3.40. The van der Waals surface area contributed by atoms with Crippen molar-refractivity contribution < 1.29 is 15.0 Å². The Morgan fingerprint density at radius 3 is 2.52 bits per heavy atom. The van der Waals surface area contributed by atoms with Gasteiger partial charge in [0.1, 0.15) is 0 Å². The van der Waals surface area contributed by atoms with Crippen LogP contribution >= 0.6 is 33.9 Å². The maximum Gasteiger partial charge on any atom is 0.257 e. The van der Waals surface area contributed by atoms with Crippen LogP contribution in [0.4, 0.5) is 5.13 Å². The molecule has 0 unspecified atom stereocenters. The third-order valence-electron chi connectivity index (χ3n) is 2.81. The van der Waals surface area contributed by atoms with Crippen LogP contribution in [0.1, 0.15) is 10.4 Å². The number of hydrogen-bond donors (Lipinski definition) is 3. The van der Waals surface area contributed by atoms with Gasteiger partial charge < -0.3 is 10.2 Å². The first-order chi connectivity index (χ1) is 10.0. The molecule has 3 aromatic rings. The summed E-state index contributed by atoms with van der Waals surface area (Å²) < 4.78 is 1.73. The molecule has 0 spiro atoms. The van der Waals surface area contributed by atoms with E-state index in [4.69, 9.17) is 0 Å². The number of amides is 1. The molecule has 0 fully saturated rings. The van der Waals surface area contributed by atoms with E-state index in [2.05, 4.69) is 32.9 Å². The number of thiazole rings is 1. The van der Waals surface area contributed by atoms with Crippen LogP contribution in [0.15, 0.2) is 36.4 Å². The second-order valence-corrected chi connectivity index (χ2v) is 6.56. The van der Waals surface area contributed by atoms with Crippen molar-refractivity contribution >= 4 is 55.2 Å². The molecule has 1 amide bonds. The van der Waals surface area contributed by atoms with E-state index in [0.29, 0.717) is 20.9 Å². The second kappa shape index (κ2) is 5.49. The SMILES string of the molecule is O=C(Nc1nc2cc(O)c(O)cc2s1)c1ccc(I)cc1. The highest BCUT2D eigenvalue weighted by atomic mass is 127. The van der Waals surface area contributed by atoms with Gasteiger partial charge in [0, 0.05) is 21.3 Å². The number of benzene rings is 2. The summed E-state index contributed by atoms with van der Waals surface area (Å²) in [4.78, 5) is 16.3. The molecule has 0 aliphatic carbocycles. The molecule has 1 aromatic heterocycles. The van der Waals surface area contributed by atoms with Gasteiger partial charge in [0.05, 0.1) is 10.2 Å². The first-order valence-electron chi connectivity index (χ1n) is 5.92. The zero-order valence-corrected chi connectivity index (χ0v) is 13.5. The number of aromatic hydroxyl groups is 2. The molecule has 3 rings (SSSR count). The lowest BCUT2D eigenvalue weighted by Gasteiger charge is -2.01. The van der Waals surface area contributed by atoms with Crippen LogP contribution in [-0.2, 0) is 0 Å². The summed E-state index contributed by atoms with van der Waals surface area (Å²) in [6.07, 6.45) is 0. The minimum atomic E-state index is -0.251. The number of nitrogens with zero attached hydrogens (tertiary/aromatic N) is 1. The molecule has 2 aromatic carbocycles. The Balaban J connectivity index is 1.87. The number of fused-ring (bicyclic) bond motifs is 1.